The van der Waals surface area contributed by atoms with Crippen LogP contribution in [-0.2, 0) is 4.74 Å². The molecule has 0 atom stereocenters. The number of benzene rings is 1. The number of ether oxygens (including phenoxy) is 1. The van der Waals surface area contributed by atoms with Crippen LogP contribution in [0.15, 0.2) is 30.6 Å². The second-order valence-electron chi connectivity index (χ2n) is 5.75. The molecule has 2 heterocycles. The fourth-order valence-electron chi connectivity index (χ4n) is 2.47. The highest BCUT2D eigenvalue weighted by Gasteiger charge is 2.12. The predicted octanol–water partition coefficient (Wildman–Crippen LogP) is 2.59. The van der Waals surface area contributed by atoms with Crippen LogP contribution in [-0.4, -0.2) is 60.2 Å². The molecule has 138 valence electrons. The lowest BCUT2D eigenvalue weighted by atomic mass is 10.3. The quantitative estimate of drug-likeness (QED) is 0.782. The van der Waals surface area contributed by atoms with E-state index in [-0.39, 0.29) is 11.6 Å². The third-order valence-corrected chi connectivity index (χ3v) is 4.63. The minimum absolute atomic E-state index is 0.244. The summed E-state index contributed by atoms with van der Waals surface area (Å²) in [5, 5.41) is 6.83. The Labute approximate surface area is 161 Å². The average molecular weight is 396 g/mol. The van der Waals surface area contributed by atoms with Crippen LogP contribution in [0.4, 0.5) is 11.5 Å². The van der Waals surface area contributed by atoms with Crippen molar-refractivity contribution in [3.8, 4) is 0 Å². The van der Waals surface area contributed by atoms with Gasteiger partial charge in [-0.25, -0.2) is 9.97 Å². The summed E-state index contributed by atoms with van der Waals surface area (Å²) in [5.41, 5.74) is 1.00. The van der Waals surface area contributed by atoms with Crippen molar-refractivity contribution >= 4 is 40.6 Å². The lowest BCUT2D eigenvalue weighted by Crippen LogP contribution is -2.41. The number of carbonyl (C=O) groups excluding carboxylic acids is 1. The highest BCUT2D eigenvalue weighted by atomic mass is 35.5. The van der Waals surface area contributed by atoms with E-state index in [2.05, 4.69) is 25.5 Å². The van der Waals surface area contributed by atoms with Gasteiger partial charge in [-0.05, 0) is 18.2 Å². The molecule has 1 fully saturated rings. The van der Waals surface area contributed by atoms with Crippen molar-refractivity contribution in [2.24, 2.45) is 0 Å². The molecule has 1 aliphatic rings. The standard InChI is InChI=1S/C17H19Cl2N5O2/c18-13-2-1-12(9-14(13)19)23-16-11-21-15(10-22-16)17(25)20-3-4-24-5-7-26-8-6-24/h1-2,9-11H,3-8H2,(H,20,25)(H,22,23). The molecule has 2 aromatic rings. The normalized spacial score (nSPS) is 14.8. The Bertz CT molecular complexity index is 751. The Kier molecular flexibility index (Phi) is 6.62. The smallest absolute Gasteiger partial charge is 0.271 e. The number of carbonyl (C=O) groups is 1. The van der Waals surface area contributed by atoms with Crippen LogP contribution in [0.3, 0.4) is 0 Å². The number of hydrogen-bond donors (Lipinski definition) is 2. The van der Waals surface area contributed by atoms with Gasteiger partial charge in [0.05, 0.1) is 35.7 Å². The van der Waals surface area contributed by atoms with Crippen LogP contribution in [0.1, 0.15) is 10.5 Å². The molecule has 7 nitrogen and oxygen atoms in total. The Morgan fingerprint density at radius 1 is 1.15 bits per heavy atom. The van der Waals surface area contributed by atoms with Gasteiger partial charge in [0.25, 0.3) is 5.91 Å². The maximum absolute atomic E-state index is 12.1. The highest BCUT2D eigenvalue weighted by molar-refractivity contribution is 6.42. The summed E-state index contributed by atoms with van der Waals surface area (Å²) < 4.78 is 5.30. The first-order chi connectivity index (χ1) is 12.6. The summed E-state index contributed by atoms with van der Waals surface area (Å²) in [7, 11) is 0. The summed E-state index contributed by atoms with van der Waals surface area (Å²) in [5.74, 6) is 0.264. The molecule has 0 bridgehead atoms. The first-order valence-corrected chi connectivity index (χ1v) is 9.00. The van der Waals surface area contributed by atoms with Crippen LogP contribution in [0.5, 0.6) is 0 Å². The van der Waals surface area contributed by atoms with Gasteiger partial charge >= 0.3 is 0 Å². The van der Waals surface area contributed by atoms with Crippen molar-refractivity contribution in [2.75, 3.05) is 44.7 Å². The molecular formula is C17H19Cl2N5O2. The second kappa shape index (κ2) is 9.14. The van der Waals surface area contributed by atoms with Crippen LogP contribution >= 0.6 is 23.2 Å². The van der Waals surface area contributed by atoms with Crippen molar-refractivity contribution in [3.05, 3.63) is 46.3 Å². The van der Waals surface area contributed by atoms with Crippen molar-refractivity contribution in [3.63, 3.8) is 0 Å². The van der Waals surface area contributed by atoms with Crippen molar-refractivity contribution < 1.29 is 9.53 Å². The molecule has 1 saturated heterocycles. The van der Waals surface area contributed by atoms with E-state index in [9.17, 15) is 4.79 Å². The first-order valence-electron chi connectivity index (χ1n) is 8.24. The number of morpholine rings is 1. The Morgan fingerprint density at radius 3 is 2.65 bits per heavy atom. The van der Waals surface area contributed by atoms with Crippen LogP contribution in [0, 0.1) is 0 Å². The lowest BCUT2D eigenvalue weighted by Gasteiger charge is -2.26. The second-order valence-corrected chi connectivity index (χ2v) is 6.57. The van der Waals surface area contributed by atoms with Gasteiger partial charge in [0.15, 0.2) is 0 Å². The maximum Gasteiger partial charge on any atom is 0.271 e. The third kappa shape index (κ3) is 5.28. The van der Waals surface area contributed by atoms with E-state index in [1.807, 2.05) is 0 Å². The zero-order valence-electron chi connectivity index (χ0n) is 14.0. The highest BCUT2D eigenvalue weighted by Crippen LogP contribution is 2.26. The Morgan fingerprint density at radius 2 is 1.96 bits per heavy atom. The molecular weight excluding hydrogens is 377 g/mol. The Hall–Kier alpha value is -1.93. The van der Waals surface area contributed by atoms with E-state index in [1.54, 1.807) is 18.2 Å². The molecule has 0 unspecified atom stereocenters. The van der Waals surface area contributed by atoms with Crippen molar-refractivity contribution in [1.29, 1.82) is 0 Å². The SMILES string of the molecule is O=C(NCCN1CCOCC1)c1cnc(Nc2ccc(Cl)c(Cl)c2)cn1. The molecule has 1 aromatic carbocycles. The number of halogens is 2. The molecule has 0 aliphatic carbocycles. The monoisotopic (exact) mass is 395 g/mol. The van der Waals surface area contributed by atoms with Crippen LogP contribution in [0.2, 0.25) is 10.0 Å². The summed E-state index contributed by atoms with van der Waals surface area (Å²) >= 11 is 11.9. The van der Waals surface area contributed by atoms with E-state index in [0.717, 1.165) is 38.5 Å². The van der Waals surface area contributed by atoms with Crippen molar-refractivity contribution in [1.82, 2.24) is 20.2 Å². The molecule has 26 heavy (non-hydrogen) atoms. The topological polar surface area (TPSA) is 79.4 Å². The summed E-state index contributed by atoms with van der Waals surface area (Å²) in [6.45, 7) is 4.62. The van der Waals surface area contributed by atoms with Gasteiger partial charge in [-0.3, -0.25) is 9.69 Å². The average Bonchev–Trinajstić information content (AvgIpc) is 2.66. The number of nitrogens with one attached hydrogen (secondary N) is 2. The molecule has 1 aliphatic heterocycles. The minimum Gasteiger partial charge on any atom is -0.379 e. The fourth-order valence-corrected chi connectivity index (χ4v) is 2.77. The number of hydrogen-bond acceptors (Lipinski definition) is 6. The summed E-state index contributed by atoms with van der Waals surface area (Å²) in [6.07, 6.45) is 2.93. The van der Waals surface area contributed by atoms with Gasteiger partial charge in [0.2, 0.25) is 0 Å². The number of amides is 1. The van der Waals surface area contributed by atoms with Gasteiger partial charge in [0.1, 0.15) is 11.5 Å². The first kappa shape index (κ1) is 18.8. The van der Waals surface area contributed by atoms with Crippen LogP contribution < -0.4 is 10.6 Å². The summed E-state index contributed by atoms with van der Waals surface area (Å²) in [4.78, 5) is 22.7. The van der Waals surface area contributed by atoms with Gasteiger partial charge in [0, 0.05) is 31.9 Å². The van der Waals surface area contributed by atoms with E-state index in [0.29, 0.717) is 22.4 Å². The largest absolute Gasteiger partial charge is 0.379 e. The molecule has 0 spiro atoms. The number of aromatic nitrogens is 2. The number of nitrogens with zero attached hydrogens (tertiary/aromatic N) is 3. The van der Waals surface area contributed by atoms with Gasteiger partial charge in [-0.2, -0.15) is 0 Å². The molecule has 1 amide bonds. The molecule has 0 saturated carbocycles. The van der Waals surface area contributed by atoms with Crippen molar-refractivity contribution in [2.45, 2.75) is 0 Å². The maximum atomic E-state index is 12.1. The molecule has 9 heteroatoms. The van der Waals surface area contributed by atoms with Gasteiger partial charge in [-0.1, -0.05) is 23.2 Å². The molecule has 0 radical (unpaired) electrons. The fraction of sp³-hybridized carbons (Fsp3) is 0.353. The summed E-state index contributed by atoms with van der Waals surface area (Å²) in [6, 6.07) is 5.16. The van der Waals surface area contributed by atoms with E-state index >= 15 is 0 Å². The van der Waals surface area contributed by atoms with Gasteiger partial charge in [-0.15, -0.1) is 0 Å². The van der Waals surface area contributed by atoms with E-state index in [1.165, 1.54) is 12.4 Å². The van der Waals surface area contributed by atoms with Crippen LogP contribution in [0.25, 0.3) is 0 Å². The number of anilines is 2. The van der Waals surface area contributed by atoms with E-state index < -0.39 is 0 Å². The molecule has 2 N–H and O–H groups in total. The minimum atomic E-state index is -0.244. The number of rotatable bonds is 6. The van der Waals surface area contributed by atoms with E-state index in [4.69, 9.17) is 27.9 Å². The zero-order valence-corrected chi connectivity index (χ0v) is 15.6. The molecule has 3 rings (SSSR count). The third-order valence-electron chi connectivity index (χ3n) is 3.89. The van der Waals surface area contributed by atoms with Gasteiger partial charge < -0.3 is 15.4 Å². The predicted molar refractivity (Wildman–Crippen MR) is 101 cm³/mol. The lowest BCUT2D eigenvalue weighted by molar-refractivity contribution is 0.0383. The zero-order chi connectivity index (χ0) is 18.4. The molecule has 1 aromatic heterocycles. The Balaban J connectivity index is 1.49.